The zero-order valence-corrected chi connectivity index (χ0v) is 7.34. The molecule has 0 fully saturated rings. The highest BCUT2D eigenvalue weighted by atomic mass is 16.5. The van der Waals surface area contributed by atoms with Gasteiger partial charge in [0.15, 0.2) is 0 Å². The van der Waals surface area contributed by atoms with E-state index in [2.05, 4.69) is 5.92 Å². The number of rotatable bonds is 6. The number of carbonyl (C=O) groups is 1. The number of ether oxygens (including phenoxy) is 2. The van der Waals surface area contributed by atoms with Gasteiger partial charge in [0.1, 0.15) is 6.61 Å². The monoisotopic (exact) mass is 170 g/mol. The molecule has 0 radical (unpaired) electrons. The van der Waals surface area contributed by atoms with E-state index in [0.717, 1.165) is 0 Å². The van der Waals surface area contributed by atoms with Crippen molar-refractivity contribution >= 4 is 5.97 Å². The molecule has 12 heavy (non-hydrogen) atoms. The minimum atomic E-state index is -0.179. The van der Waals surface area contributed by atoms with Crippen molar-refractivity contribution in [3.8, 4) is 12.3 Å². The van der Waals surface area contributed by atoms with E-state index in [1.165, 1.54) is 0 Å². The average Bonchev–Trinajstić information content (AvgIpc) is 2.05. The van der Waals surface area contributed by atoms with Crippen LogP contribution in [-0.4, -0.2) is 25.8 Å². The smallest absolute Gasteiger partial charge is 0.305 e. The second-order valence-electron chi connectivity index (χ2n) is 2.17. The first kappa shape index (κ1) is 11.0. The zero-order valence-electron chi connectivity index (χ0n) is 7.34. The van der Waals surface area contributed by atoms with Crippen LogP contribution in [-0.2, 0) is 14.3 Å². The number of esters is 1. The molecule has 0 N–H and O–H groups in total. The van der Waals surface area contributed by atoms with Crippen LogP contribution in [0.2, 0.25) is 0 Å². The fraction of sp³-hybridized carbons (Fsp3) is 0.667. The second-order valence-corrected chi connectivity index (χ2v) is 2.17. The van der Waals surface area contributed by atoms with Gasteiger partial charge >= 0.3 is 5.97 Å². The molecule has 0 saturated heterocycles. The minimum absolute atomic E-state index is 0.179. The van der Waals surface area contributed by atoms with Gasteiger partial charge in [-0.05, 0) is 13.3 Å². The van der Waals surface area contributed by atoms with Gasteiger partial charge in [0, 0.05) is 13.0 Å². The third-order valence-electron chi connectivity index (χ3n) is 1.16. The topological polar surface area (TPSA) is 35.5 Å². The summed E-state index contributed by atoms with van der Waals surface area (Å²) >= 11 is 0. The van der Waals surface area contributed by atoms with Crippen molar-refractivity contribution in [2.75, 3.05) is 19.8 Å². The Hall–Kier alpha value is -1.01. The van der Waals surface area contributed by atoms with Crippen molar-refractivity contribution in [2.45, 2.75) is 19.8 Å². The minimum Gasteiger partial charge on any atom is -0.466 e. The van der Waals surface area contributed by atoms with Crippen molar-refractivity contribution in [3.63, 3.8) is 0 Å². The molecule has 0 amide bonds. The quantitative estimate of drug-likeness (QED) is 0.338. The molecule has 3 heteroatoms. The molecule has 68 valence electrons. The summed E-state index contributed by atoms with van der Waals surface area (Å²) in [4.78, 5) is 10.8. The highest BCUT2D eigenvalue weighted by Gasteiger charge is 1.99. The molecule has 0 aliphatic heterocycles. The Labute approximate surface area is 73.0 Å². The van der Waals surface area contributed by atoms with Crippen LogP contribution in [0.3, 0.4) is 0 Å². The standard InChI is InChI=1S/C9H14O3/c1-3-7-11-8-5-6-9(10)12-4-2/h1H,4-8H2,2H3. The van der Waals surface area contributed by atoms with Gasteiger partial charge in [0.05, 0.1) is 6.61 Å². The van der Waals surface area contributed by atoms with Crippen LogP contribution in [0, 0.1) is 12.3 Å². The first-order valence-electron chi connectivity index (χ1n) is 3.98. The van der Waals surface area contributed by atoms with Crippen molar-refractivity contribution < 1.29 is 14.3 Å². The summed E-state index contributed by atoms with van der Waals surface area (Å²) in [7, 11) is 0. The van der Waals surface area contributed by atoms with Crippen molar-refractivity contribution in [2.24, 2.45) is 0 Å². The Kier molecular flexibility index (Phi) is 7.41. The van der Waals surface area contributed by atoms with Gasteiger partial charge in [-0.1, -0.05) is 5.92 Å². The SMILES string of the molecule is C#CCOCCCC(=O)OCC. The molecule has 0 bridgehead atoms. The fourth-order valence-electron chi connectivity index (χ4n) is 0.683. The van der Waals surface area contributed by atoms with Gasteiger partial charge in [-0.15, -0.1) is 6.42 Å². The van der Waals surface area contributed by atoms with Gasteiger partial charge in [-0.3, -0.25) is 4.79 Å². The van der Waals surface area contributed by atoms with Gasteiger partial charge in [-0.25, -0.2) is 0 Å². The van der Waals surface area contributed by atoms with Crippen LogP contribution < -0.4 is 0 Å². The Balaban J connectivity index is 3.09. The molecular weight excluding hydrogens is 156 g/mol. The summed E-state index contributed by atoms with van der Waals surface area (Å²) in [5.41, 5.74) is 0. The largest absolute Gasteiger partial charge is 0.466 e. The molecule has 0 aromatic heterocycles. The second kappa shape index (κ2) is 8.09. The molecule has 0 unspecified atom stereocenters. The predicted octanol–water partition coefficient (Wildman–Crippen LogP) is 0.979. The van der Waals surface area contributed by atoms with Crippen LogP contribution in [0.1, 0.15) is 19.8 Å². The predicted molar refractivity (Wildman–Crippen MR) is 45.5 cm³/mol. The lowest BCUT2D eigenvalue weighted by molar-refractivity contribution is -0.143. The number of hydrogen-bond donors (Lipinski definition) is 0. The maximum absolute atomic E-state index is 10.8. The van der Waals surface area contributed by atoms with Gasteiger partial charge in [0.25, 0.3) is 0 Å². The van der Waals surface area contributed by atoms with Gasteiger partial charge < -0.3 is 9.47 Å². The molecule has 0 heterocycles. The highest BCUT2D eigenvalue weighted by molar-refractivity contribution is 5.69. The van der Waals surface area contributed by atoms with Crippen molar-refractivity contribution in [1.29, 1.82) is 0 Å². The van der Waals surface area contributed by atoms with E-state index in [9.17, 15) is 4.79 Å². The molecule has 0 aliphatic carbocycles. The van der Waals surface area contributed by atoms with E-state index < -0.39 is 0 Å². The van der Waals surface area contributed by atoms with E-state index in [4.69, 9.17) is 15.9 Å². The van der Waals surface area contributed by atoms with E-state index in [1.54, 1.807) is 6.92 Å². The summed E-state index contributed by atoms with van der Waals surface area (Å²) in [6.45, 7) is 3.04. The molecule has 0 aliphatic rings. The molecule has 0 aromatic carbocycles. The summed E-state index contributed by atoms with van der Waals surface area (Å²) in [5.74, 6) is 2.16. The van der Waals surface area contributed by atoms with Gasteiger partial charge in [0.2, 0.25) is 0 Å². The summed E-state index contributed by atoms with van der Waals surface area (Å²) in [5, 5.41) is 0. The van der Waals surface area contributed by atoms with Gasteiger partial charge in [-0.2, -0.15) is 0 Å². The first-order valence-corrected chi connectivity index (χ1v) is 3.98. The molecule has 0 rings (SSSR count). The lowest BCUT2D eigenvalue weighted by Crippen LogP contribution is -2.05. The number of carbonyl (C=O) groups excluding carboxylic acids is 1. The Morgan fingerprint density at radius 2 is 2.33 bits per heavy atom. The summed E-state index contributed by atoms with van der Waals surface area (Å²) in [6, 6.07) is 0. The zero-order chi connectivity index (χ0) is 9.23. The first-order chi connectivity index (χ1) is 5.81. The Bertz CT molecular complexity index is 158. The molecule has 0 saturated carbocycles. The fourth-order valence-corrected chi connectivity index (χ4v) is 0.683. The van der Waals surface area contributed by atoms with Crippen LogP contribution >= 0.6 is 0 Å². The molecule has 0 aromatic rings. The normalized spacial score (nSPS) is 9.00. The lowest BCUT2D eigenvalue weighted by atomic mass is 10.3. The molecule has 0 atom stereocenters. The third-order valence-corrected chi connectivity index (χ3v) is 1.16. The number of hydrogen-bond acceptors (Lipinski definition) is 3. The Morgan fingerprint density at radius 1 is 1.58 bits per heavy atom. The summed E-state index contributed by atoms with van der Waals surface area (Å²) < 4.78 is 9.68. The van der Waals surface area contributed by atoms with E-state index in [0.29, 0.717) is 32.7 Å². The maximum atomic E-state index is 10.8. The third kappa shape index (κ3) is 7.10. The molecule has 3 nitrogen and oxygen atoms in total. The van der Waals surface area contributed by atoms with Crippen LogP contribution in [0.5, 0.6) is 0 Å². The Morgan fingerprint density at radius 3 is 2.92 bits per heavy atom. The van der Waals surface area contributed by atoms with E-state index in [-0.39, 0.29) is 5.97 Å². The van der Waals surface area contributed by atoms with Crippen LogP contribution in [0.4, 0.5) is 0 Å². The van der Waals surface area contributed by atoms with E-state index in [1.807, 2.05) is 0 Å². The number of terminal acetylenes is 1. The average molecular weight is 170 g/mol. The molecule has 0 spiro atoms. The molecular formula is C9H14O3. The highest BCUT2D eigenvalue weighted by Crippen LogP contribution is 1.93. The summed E-state index contributed by atoms with van der Waals surface area (Å²) in [6.07, 6.45) is 6.02. The van der Waals surface area contributed by atoms with Crippen molar-refractivity contribution in [3.05, 3.63) is 0 Å². The van der Waals surface area contributed by atoms with Crippen molar-refractivity contribution in [1.82, 2.24) is 0 Å². The van der Waals surface area contributed by atoms with Crippen LogP contribution in [0.25, 0.3) is 0 Å². The maximum Gasteiger partial charge on any atom is 0.305 e. The van der Waals surface area contributed by atoms with Crippen LogP contribution in [0.15, 0.2) is 0 Å². The lowest BCUT2D eigenvalue weighted by Gasteiger charge is -2.00. The van der Waals surface area contributed by atoms with E-state index >= 15 is 0 Å².